The third kappa shape index (κ3) is 1.43. The van der Waals surface area contributed by atoms with Crippen molar-refractivity contribution in [2.75, 3.05) is 0 Å². The van der Waals surface area contributed by atoms with Gasteiger partial charge in [0.2, 0.25) is 0 Å². The minimum absolute atomic E-state index is 0.138. The Balaban J connectivity index is 2.41. The van der Waals surface area contributed by atoms with E-state index in [1.54, 1.807) is 0 Å². The van der Waals surface area contributed by atoms with Crippen LogP contribution in [-0.2, 0) is 0 Å². The quantitative estimate of drug-likeness (QED) is 0.524. The van der Waals surface area contributed by atoms with Crippen LogP contribution < -0.4 is 5.73 Å². The van der Waals surface area contributed by atoms with Gasteiger partial charge in [0, 0.05) is 6.04 Å². The molecule has 0 aromatic heterocycles. The second-order valence-corrected chi connectivity index (χ2v) is 2.68. The highest BCUT2D eigenvalue weighted by atomic mass is 14.7. The highest BCUT2D eigenvalue weighted by Gasteiger charge is 2.20. The molecule has 2 nitrogen and oxygen atoms in total. The molecule has 1 aliphatic carbocycles. The third-order valence-corrected chi connectivity index (χ3v) is 1.99. The largest absolute Gasteiger partial charge is 0.327 e. The molecule has 0 bridgehead atoms. The molecule has 1 rings (SSSR count). The van der Waals surface area contributed by atoms with Crippen LogP contribution in [0.1, 0.15) is 25.7 Å². The first-order valence-electron chi connectivity index (χ1n) is 3.50. The number of nitrogens with two attached hydrogens (primary N) is 1. The van der Waals surface area contributed by atoms with Crippen LogP contribution in [0.15, 0.2) is 0 Å². The molecule has 2 heteroatoms. The molecule has 50 valence electrons. The van der Waals surface area contributed by atoms with Crippen LogP contribution in [0.3, 0.4) is 0 Å². The van der Waals surface area contributed by atoms with Crippen molar-refractivity contribution in [1.82, 2.24) is 0 Å². The van der Waals surface area contributed by atoms with Crippen molar-refractivity contribution < 1.29 is 0 Å². The number of hydrogen-bond donors (Lipinski definition) is 1. The van der Waals surface area contributed by atoms with Crippen molar-refractivity contribution in [3.8, 4) is 6.07 Å². The molecule has 0 amide bonds. The topological polar surface area (TPSA) is 49.8 Å². The molecule has 0 radical (unpaired) electrons. The first-order valence-corrected chi connectivity index (χ1v) is 3.50. The molecule has 9 heavy (non-hydrogen) atoms. The molecule has 0 saturated heterocycles. The normalized spacial score (nSPS) is 35.6. The van der Waals surface area contributed by atoms with Crippen LogP contribution in [-0.4, -0.2) is 6.04 Å². The van der Waals surface area contributed by atoms with Crippen molar-refractivity contribution in [3.63, 3.8) is 0 Å². The summed E-state index contributed by atoms with van der Waals surface area (Å²) in [7, 11) is 0. The van der Waals surface area contributed by atoms with E-state index in [2.05, 4.69) is 6.07 Å². The summed E-state index contributed by atoms with van der Waals surface area (Å²) >= 11 is 0. The van der Waals surface area contributed by atoms with Crippen molar-refractivity contribution in [3.05, 3.63) is 0 Å². The second-order valence-electron chi connectivity index (χ2n) is 2.68. The van der Waals surface area contributed by atoms with E-state index in [0.717, 1.165) is 12.8 Å². The molecule has 1 unspecified atom stereocenters. The predicted octanol–water partition coefficient (Wildman–Crippen LogP) is 1.03. The van der Waals surface area contributed by atoms with Gasteiger partial charge in [-0.15, -0.1) is 0 Å². The Morgan fingerprint density at radius 1 is 1.33 bits per heavy atom. The monoisotopic (exact) mass is 124 g/mol. The minimum Gasteiger partial charge on any atom is -0.327 e. The maximum Gasteiger partial charge on any atom is 0.0672 e. The SMILES string of the molecule is N#CC1CCCC[C@H]1N. The fourth-order valence-corrected chi connectivity index (χ4v) is 1.32. The summed E-state index contributed by atoms with van der Waals surface area (Å²) in [5.41, 5.74) is 5.67. The van der Waals surface area contributed by atoms with Crippen molar-refractivity contribution in [2.24, 2.45) is 11.7 Å². The summed E-state index contributed by atoms with van der Waals surface area (Å²) in [5.74, 6) is 0.138. The van der Waals surface area contributed by atoms with E-state index in [1.807, 2.05) is 0 Å². The average Bonchev–Trinajstić information content (AvgIpc) is 1.89. The summed E-state index contributed by atoms with van der Waals surface area (Å²) < 4.78 is 0. The van der Waals surface area contributed by atoms with E-state index >= 15 is 0 Å². The number of hydrogen-bond acceptors (Lipinski definition) is 2. The van der Waals surface area contributed by atoms with Gasteiger partial charge in [-0.1, -0.05) is 12.8 Å². The Morgan fingerprint density at radius 2 is 2.00 bits per heavy atom. The summed E-state index contributed by atoms with van der Waals surface area (Å²) in [4.78, 5) is 0. The fraction of sp³-hybridized carbons (Fsp3) is 0.857. The maximum atomic E-state index is 8.53. The molecule has 1 aliphatic rings. The lowest BCUT2D eigenvalue weighted by Gasteiger charge is -2.22. The first-order chi connectivity index (χ1) is 4.34. The Hall–Kier alpha value is -0.550. The van der Waals surface area contributed by atoms with Gasteiger partial charge in [0.1, 0.15) is 0 Å². The van der Waals surface area contributed by atoms with E-state index in [-0.39, 0.29) is 12.0 Å². The highest BCUT2D eigenvalue weighted by molar-refractivity contribution is 4.92. The molecule has 1 fully saturated rings. The zero-order chi connectivity index (χ0) is 6.69. The Bertz CT molecular complexity index is 125. The Labute approximate surface area is 55.7 Å². The van der Waals surface area contributed by atoms with Gasteiger partial charge in [0.15, 0.2) is 0 Å². The van der Waals surface area contributed by atoms with E-state index < -0.39 is 0 Å². The van der Waals surface area contributed by atoms with E-state index in [0.29, 0.717) is 0 Å². The first kappa shape index (κ1) is 6.57. The van der Waals surface area contributed by atoms with E-state index in [4.69, 9.17) is 11.0 Å². The smallest absolute Gasteiger partial charge is 0.0672 e. The van der Waals surface area contributed by atoms with Gasteiger partial charge in [-0.25, -0.2) is 0 Å². The molecular formula is C7H12N2. The number of nitrogens with zero attached hydrogens (tertiary/aromatic N) is 1. The predicted molar refractivity (Wildman–Crippen MR) is 35.5 cm³/mol. The molecule has 2 atom stereocenters. The standard InChI is InChI=1S/C7H12N2/c8-5-6-3-1-2-4-7(6)9/h6-7H,1-4,9H2/t6?,7-/m1/s1. The summed E-state index contributed by atoms with van der Waals surface area (Å²) in [6.07, 6.45) is 4.45. The van der Waals surface area contributed by atoms with E-state index in [9.17, 15) is 0 Å². The molecular weight excluding hydrogens is 112 g/mol. The van der Waals surface area contributed by atoms with Gasteiger partial charge >= 0.3 is 0 Å². The van der Waals surface area contributed by atoms with Crippen LogP contribution in [0.5, 0.6) is 0 Å². The summed E-state index contributed by atoms with van der Waals surface area (Å²) in [6, 6.07) is 2.38. The number of rotatable bonds is 0. The lowest BCUT2D eigenvalue weighted by molar-refractivity contribution is 0.369. The Morgan fingerprint density at radius 3 is 2.44 bits per heavy atom. The van der Waals surface area contributed by atoms with Crippen LogP contribution in [0.2, 0.25) is 0 Å². The van der Waals surface area contributed by atoms with Crippen molar-refractivity contribution in [2.45, 2.75) is 31.7 Å². The van der Waals surface area contributed by atoms with Gasteiger partial charge in [-0.05, 0) is 12.8 Å². The fourth-order valence-electron chi connectivity index (χ4n) is 1.32. The zero-order valence-corrected chi connectivity index (χ0v) is 5.51. The molecule has 0 spiro atoms. The summed E-state index contributed by atoms with van der Waals surface area (Å²) in [6.45, 7) is 0. The van der Waals surface area contributed by atoms with Gasteiger partial charge in [0.05, 0.1) is 12.0 Å². The highest BCUT2D eigenvalue weighted by Crippen LogP contribution is 2.21. The van der Waals surface area contributed by atoms with Crippen LogP contribution >= 0.6 is 0 Å². The van der Waals surface area contributed by atoms with Gasteiger partial charge in [0.25, 0.3) is 0 Å². The molecule has 1 saturated carbocycles. The lowest BCUT2D eigenvalue weighted by Crippen LogP contribution is -2.31. The van der Waals surface area contributed by atoms with Crippen LogP contribution in [0, 0.1) is 17.2 Å². The molecule has 2 N–H and O–H groups in total. The van der Waals surface area contributed by atoms with Crippen LogP contribution in [0.25, 0.3) is 0 Å². The van der Waals surface area contributed by atoms with Gasteiger partial charge < -0.3 is 5.73 Å². The van der Waals surface area contributed by atoms with E-state index in [1.165, 1.54) is 12.8 Å². The molecule has 0 aromatic rings. The number of nitriles is 1. The zero-order valence-electron chi connectivity index (χ0n) is 5.51. The third-order valence-electron chi connectivity index (χ3n) is 1.99. The molecule has 0 aromatic carbocycles. The molecule has 0 heterocycles. The second kappa shape index (κ2) is 2.84. The molecule has 0 aliphatic heterocycles. The van der Waals surface area contributed by atoms with Gasteiger partial charge in [-0.3, -0.25) is 0 Å². The average molecular weight is 124 g/mol. The maximum absolute atomic E-state index is 8.53. The Kier molecular flexibility index (Phi) is 2.07. The van der Waals surface area contributed by atoms with Gasteiger partial charge in [-0.2, -0.15) is 5.26 Å². The van der Waals surface area contributed by atoms with Crippen molar-refractivity contribution in [1.29, 1.82) is 5.26 Å². The lowest BCUT2D eigenvalue weighted by atomic mass is 9.86. The van der Waals surface area contributed by atoms with Crippen molar-refractivity contribution >= 4 is 0 Å². The summed E-state index contributed by atoms with van der Waals surface area (Å²) in [5, 5.41) is 8.53. The minimum atomic E-state index is 0.138. The van der Waals surface area contributed by atoms with Crippen LogP contribution in [0.4, 0.5) is 0 Å².